The highest BCUT2D eigenvalue weighted by Gasteiger charge is 2.19. The number of thiazole rings is 1. The number of morpholine rings is 1. The van der Waals surface area contributed by atoms with E-state index in [0.29, 0.717) is 0 Å². The number of rotatable bonds is 4. The molecule has 0 unspecified atom stereocenters. The van der Waals surface area contributed by atoms with Gasteiger partial charge in [0.1, 0.15) is 5.82 Å². The molecule has 2 N–H and O–H groups in total. The molecular formula is C15H16N6OS. The summed E-state index contributed by atoms with van der Waals surface area (Å²) in [6.45, 7) is 3.16. The first-order valence-corrected chi connectivity index (χ1v) is 8.28. The molecule has 0 radical (unpaired) electrons. The van der Waals surface area contributed by atoms with E-state index in [-0.39, 0.29) is 0 Å². The fourth-order valence-electron chi connectivity index (χ4n) is 2.49. The third-order valence-corrected chi connectivity index (χ3v) is 4.37. The molecule has 4 heterocycles. The van der Waals surface area contributed by atoms with Crippen LogP contribution >= 0.6 is 11.3 Å². The molecule has 0 bridgehead atoms. The second-order valence-corrected chi connectivity index (χ2v) is 5.96. The van der Waals surface area contributed by atoms with Crippen molar-refractivity contribution in [3.8, 4) is 11.3 Å². The van der Waals surface area contributed by atoms with Crippen LogP contribution in [0.25, 0.3) is 11.3 Å². The van der Waals surface area contributed by atoms with Gasteiger partial charge in [-0.3, -0.25) is 5.10 Å². The highest BCUT2D eigenvalue weighted by atomic mass is 32.1. The molecule has 0 aromatic carbocycles. The lowest BCUT2D eigenvalue weighted by molar-refractivity contribution is 0.122. The van der Waals surface area contributed by atoms with Gasteiger partial charge in [-0.1, -0.05) is 6.07 Å². The van der Waals surface area contributed by atoms with Gasteiger partial charge in [0.15, 0.2) is 10.9 Å². The molecule has 118 valence electrons. The quantitative estimate of drug-likeness (QED) is 0.766. The molecule has 3 aromatic heterocycles. The van der Waals surface area contributed by atoms with Gasteiger partial charge in [-0.05, 0) is 12.1 Å². The Bertz CT molecular complexity index is 765. The first kappa shape index (κ1) is 14.2. The normalized spacial score (nSPS) is 14.9. The minimum Gasteiger partial charge on any atom is -0.378 e. The Hall–Kier alpha value is -2.45. The molecule has 3 aromatic rings. The van der Waals surface area contributed by atoms with E-state index >= 15 is 0 Å². The number of H-pyrrole nitrogens is 1. The van der Waals surface area contributed by atoms with E-state index in [0.717, 1.165) is 54.3 Å². The van der Waals surface area contributed by atoms with E-state index in [9.17, 15) is 0 Å². The molecule has 0 atom stereocenters. The summed E-state index contributed by atoms with van der Waals surface area (Å²) in [6.07, 6.45) is 3.65. The number of hydrogen-bond acceptors (Lipinski definition) is 7. The van der Waals surface area contributed by atoms with Crippen LogP contribution in [0.15, 0.2) is 36.0 Å². The van der Waals surface area contributed by atoms with E-state index in [4.69, 9.17) is 4.74 Å². The summed E-state index contributed by atoms with van der Waals surface area (Å²) in [4.78, 5) is 11.1. The minimum atomic E-state index is 0.732. The number of hydrogen-bond donors (Lipinski definition) is 2. The zero-order valence-corrected chi connectivity index (χ0v) is 13.2. The maximum Gasteiger partial charge on any atom is 0.188 e. The number of aromatic amines is 1. The fraction of sp³-hybridized carbons (Fsp3) is 0.267. The van der Waals surface area contributed by atoms with Gasteiger partial charge in [0.2, 0.25) is 0 Å². The number of anilines is 3. The van der Waals surface area contributed by atoms with Gasteiger partial charge >= 0.3 is 0 Å². The van der Waals surface area contributed by atoms with E-state index in [1.807, 2.05) is 29.8 Å². The Morgan fingerprint density at radius 1 is 1.26 bits per heavy atom. The topological polar surface area (TPSA) is 79.0 Å². The predicted molar refractivity (Wildman–Crippen MR) is 90.2 cm³/mol. The SMILES string of the molecule is c1ccc(Nc2nc(-c3c[nH]nc3N3CCOCC3)cs2)nc1. The van der Waals surface area contributed by atoms with Crippen molar-refractivity contribution in [1.82, 2.24) is 20.2 Å². The van der Waals surface area contributed by atoms with Crippen molar-refractivity contribution >= 4 is 28.1 Å². The summed E-state index contributed by atoms with van der Waals surface area (Å²) >= 11 is 1.55. The van der Waals surface area contributed by atoms with Gasteiger partial charge in [0, 0.05) is 30.9 Å². The fourth-order valence-corrected chi connectivity index (χ4v) is 3.21. The van der Waals surface area contributed by atoms with Gasteiger partial charge in [0.25, 0.3) is 0 Å². The number of ether oxygens (including phenoxy) is 1. The lowest BCUT2D eigenvalue weighted by Gasteiger charge is -2.27. The average molecular weight is 328 g/mol. The van der Waals surface area contributed by atoms with Crippen LogP contribution in [-0.4, -0.2) is 46.5 Å². The molecule has 1 fully saturated rings. The van der Waals surface area contributed by atoms with Crippen LogP contribution in [0.2, 0.25) is 0 Å². The van der Waals surface area contributed by atoms with Crippen molar-refractivity contribution in [1.29, 1.82) is 0 Å². The largest absolute Gasteiger partial charge is 0.378 e. The van der Waals surface area contributed by atoms with Crippen molar-refractivity contribution in [3.05, 3.63) is 36.0 Å². The van der Waals surface area contributed by atoms with Crippen molar-refractivity contribution in [2.45, 2.75) is 0 Å². The van der Waals surface area contributed by atoms with Gasteiger partial charge < -0.3 is 15.0 Å². The second kappa shape index (κ2) is 6.35. The summed E-state index contributed by atoms with van der Waals surface area (Å²) in [5, 5.41) is 13.4. The predicted octanol–water partition coefficient (Wildman–Crippen LogP) is 2.51. The lowest BCUT2D eigenvalue weighted by atomic mass is 10.2. The standard InChI is InChI=1S/C15H16N6OS/c1-2-4-16-13(3-1)19-15-18-12(10-23-15)11-9-17-20-14(11)21-5-7-22-8-6-21/h1-4,9-10H,5-8H2,(H,17,20)(H,16,18,19). The third-order valence-electron chi connectivity index (χ3n) is 3.61. The molecule has 8 heteroatoms. The van der Waals surface area contributed by atoms with Crippen molar-refractivity contribution < 1.29 is 4.74 Å². The van der Waals surface area contributed by atoms with Crippen LogP contribution in [0.3, 0.4) is 0 Å². The number of aromatic nitrogens is 4. The number of pyridine rings is 1. The number of nitrogens with one attached hydrogen (secondary N) is 2. The molecular weight excluding hydrogens is 312 g/mol. The molecule has 1 aliphatic heterocycles. The Labute approximate surface area is 137 Å². The van der Waals surface area contributed by atoms with E-state index in [2.05, 4.69) is 30.4 Å². The Balaban J connectivity index is 1.56. The molecule has 1 aliphatic rings. The van der Waals surface area contributed by atoms with Gasteiger partial charge in [-0.25, -0.2) is 9.97 Å². The third kappa shape index (κ3) is 3.03. The minimum absolute atomic E-state index is 0.732. The average Bonchev–Trinajstić information content (AvgIpc) is 3.25. The maximum atomic E-state index is 5.40. The van der Waals surface area contributed by atoms with Gasteiger partial charge in [-0.2, -0.15) is 5.10 Å². The summed E-state index contributed by atoms with van der Waals surface area (Å²) in [7, 11) is 0. The summed E-state index contributed by atoms with van der Waals surface area (Å²) in [6, 6.07) is 5.74. The molecule has 1 saturated heterocycles. The van der Waals surface area contributed by atoms with E-state index < -0.39 is 0 Å². The maximum absolute atomic E-state index is 5.40. The van der Waals surface area contributed by atoms with Crippen molar-refractivity contribution in [2.75, 3.05) is 36.5 Å². The molecule has 0 spiro atoms. The molecule has 7 nitrogen and oxygen atoms in total. The van der Waals surface area contributed by atoms with Gasteiger partial charge in [-0.15, -0.1) is 11.3 Å². The Morgan fingerprint density at radius 3 is 3.00 bits per heavy atom. The van der Waals surface area contributed by atoms with Crippen LogP contribution in [0.1, 0.15) is 0 Å². The van der Waals surface area contributed by atoms with Crippen LogP contribution in [0.5, 0.6) is 0 Å². The highest BCUT2D eigenvalue weighted by Crippen LogP contribution is 2.32. The van der Waals surface area contributed by atoms with Crippen molar-refractivity contribution in [3.63, 3.8) is 0 Å². The lowest BCUT2D eigenvalue weighted by Crippen LogP contribution is -2.36. The highest BCUT2D eigenvalue weighted by molar-refractivity contribution is 7.14. The van der Waals surface area contributed by atoms with Crippen LogP contribution in [0.4, 0.5) is 16.8 Å². The summed E-state index contributed by atoms with van der Waals surface area (Å²) in [5.41, 5.74) is 1.92. The second-order valence-electron chi connectivity index (χ2n) is 5.10. The summed E-state index contributed by atoms with van der Waals surface area (Å²) < 4.78 is 5.40. The molecule has 0 aliphatic carbocycles. The van der Waals surface area contributed by atoms with Crippen LogP contribution in [0, 0.1) is 0 Å². The van der Waals surface area contributed by atoms with E-state index in [1.165, 1.54) is 0 Å². The molecule has 23 heavy (non-hydrogen) atoms. The number of nitrogens with zero attached hydrogens (tertiary/aromatic N) is 4. The monoisotopic (exact) mass is 328 g/mol. The Kier molecular flexibility index (Phi) is 3.91. The first-order valence-electron chi connectivity index (χ1n) is 7.40. The molecule has 4 rings (SSSR count). The molecule has 0 saturated carbocycles. The summed E-state index contributed by atoms with van der Waals surface area (Å²) in [5.74, 6) is 1.72. The zero-order chi connectivity index (χ0) is 15.5. The van der Waals surface area contributed by atoms with Crippen LogP contribution in [-0.2, 0) is 4.74 Å². The Morgan fingerprint density at radius 2 is 2.17 bits per heavy atom. The first-order chi connectivity index (χ1) is 11.4. The van der Waals surface area contributed by atoms with E-state index in [1.54, 1.807) is 17.5 Å². The zero-order valence-electron chi connectivity index (χ0n) is 12.4. The van der Waals surface area contributed by atoms with Crippen LogP contribution < -0.4 is 10.2 Å². The van der Waals surface area contributed by atoms with Crippen molar-refractivity contribution in [2.24, 2.45) is 0 Å². The van der Waals surface area contributed by atoms with Gasteiger partial charge in [0.05, 0.1) is 24.5 Å². The molecule has 0 amide bonds. The smallest absolute Gasteiger partial charge is 0.188 e.